The minimum Gasteiger partial charge on any atom is -0.392 e. The molecule has 5 nitrogen and oxygen atoms in total. The molecule has 1 rings (SSSR count). The van der Waals surface area contributed by atoms with Crippen LogP contribution < -0.4 is 16.8 Å². The molecule has 1 saturated carbocycles. The standard InChI is InChI=1S/C13H23N3O2S/c1-12(2,8-9(14)17)16-11(18)13(10(15)19)6-4-3-5-7-13/h3-8H2,1-2H3,(H2,14,17)(H2,15,19)(H,16,18). The highest BCUT2D eigenvalue weighted by Gasteiger charge is 2.44. The minimum atomic E-state index is -0.761. The van der Waals surface area contributed by atoms with E-state index in [4.69, 9.17) is 23.7 Å². The van der Waals surface area contributed by atoms with E-state index in [1.165, 1.54) is 0 Å². The van der Waals surface area contributed by atoms with E-state index in [-0.39, 0.29) is 17.3 Å². The largest absolute Gasteiger partial charge is 0.392 e. The fraction of sp³-hybridized carbons (Fsp3) is 0.769. The summed E-state index contributed by atoms with van der Waals surface area (Å²) < 4.78 is 0. The maximum atomic E-state index is 12.5. The van der Waals surface area contributed by atoms with Crippen LogP contribution in [0, 0.1) is 5.41 Å². The normalized spacial score (nSPS) is 18.6. The molecule has 0 radical (unpaired) electrons. The first-order valence-corrected chi connectivity index (χ1v) is 7.01. The highest BCUT2D eigenvalue weighted by atomic mass is 32.1. The van der Waals surface area contributed by atoms with E-state index in [0.717, 1.165) is 19.3 Å². The van der Waals surface area contributed by atoms with Gasteiger partial charge in [0.05, 0.1) is 10.4 Å². The molecule has 19 heavy (non-hydrogen) atoms. The maximum Gasteiger partial charge on any atom is 0.233 e. The zero-order valence-electron chi connectivity index (χ0n) is 11.6. The van der Waals surface area contributed by atoms with Crippen molar-refractivity contribution < 1.29 is 9.59 Å². The number of hydrogen-bond donors (Lipinski definition) is 3. The first-order chi connectivity index (χ1) is 8.69. The van der Waals surface area contributed by atoms with Crippen molar-refractivity contribution in [3.8, 4) is 0 Å². The number of hydrogen-bond acceptors (Lipinski definition) is 3. The molecule has 0 spiro atoms. The van der Waals surface area contributed by atoms with Crippen molar-refractivity contribution in [3.63, 3.8) is 0 Å². The van der Waals surface area contributed by atoms with Crippen LogP contribution in [0.15, 0.2) is 0 Å². The summed E-state index contributed by atoms with van der Waals surface area (Å²) in [6, 6.07) is 0. The molecule has 1 fully saturated rings. The molecule has 108 valence electrons. The number of thiocarbonyl (C=S) groups is 1. The van der Waals surface area contributed by atoms with E-state index in [2.05, 4.69) is 5.32 Å². The molecule has 0 atom stereocenters. The third-order valence-electron chi connectivity index (χ3n) is 3.68. The molecule has 0 saturated heterocycles. The number of rotatable bonds is 5. The quantitative estimate of drug-likeness (QED) is 0.656. The lowest BCUT2D eigenvalue weighted by Gasteiger charge is -2.38. The summed E-state index contributed by atoms with van der Waals surface area (Å²) in [4.78, 5) is 23.8. The molecule has 0 aromatic rings. The Balaban J connectivity index is 2.84. The van der Waals surface area contributed by atoms with Gasteiger partial charge in [-0.15, -0.1) is 0 Å². The number of primary amides is 1. The van der Waals surface area contributed by atoms with E-state index in [9.17, 15) is 9.59 Å². The van der Waals surface area contributed by atoms with Crippen molar-refractivity contribution in [1.29, 1.82) is 0 Å². The number of carbonyl (C=O) groups excluding carboxylic acids is 2. The Labute approximate surface area is 119 Å². The van der Waals surface area contributed by atoms with Gasteiger partial charge in [0.15, 0.2) is 0 Å². The first kappa shape index (κ1) is 15.9. The summed E-state index contributed by atoms with van der Waals surface area (Å²) in [5, 5.41) is 2.87. The van der Waals surface area contributed by atoms with Crippen molar-refractivity contribution in [1.82, 2.24) is 5.32 Å². The second-order valence-corrected chi connectivity index (χ2v) is 6.43. The molecule has 0 aliphatic heterocycles. The summed E-state index contributed by atoms with van der Waals surface area (Å²) in [5.74, 6) is -0.621. The Morgan fingerprint density at radius 1 is 1.21 bits per heavy atom. The number of nitrogens with one attached hydrogen (secondary N) is 1. The lowest BCUT2D eigenvalue weighted by atomic mass is 9.72. The van der Waals surface area contributed by atoms with Crippen LogP contribution >= 0.6 is 12.2 Å². The number of nitrogens with two attached hydrogens (primary N) is 2. The maximum absolute atomic E-state index is 12.5. The Hall–Kier alpha value is -1.17. The molecule has 1 aliphatic rings. The van der Waals surface area contributed by atoms with Gasteiger partial charge < -0.3 is 16.8 Å². The molecule has 0 aromatic heterocycles. The van der Waals surface area contributed by atoms with Crippen LogP contribution in [0.25, 0.3) is 0 Å². The monoisotopic (exact) mass is 285 g/mol. The van der Waals surface area contributed by atoms with Crippen LogP contribution in [0.2, 0.25) is 0 Å². The molecule has 1 aliphatic carbocycles. The molecule has 2 amide bonds. The fourth-order valence-corrected chi connectivity index (χ4v) is 2.94. The lowest BCUT2D eigenvalue weighted by molar-refractivity contribution is -0.131. The zero-order chi connectivity index (χ0) is 14.7. The van der Waals surface area contributed by atoms with Gasteiger partial charge in [-0.05, 0) is 26.7 Å². The number of carbonyl (C=O) groups is 2. The van der Waals surface area contributed by atoms with Crippen molar-refractivity contribution in [3.05, 3.63) is 0 Å². The lowest BCUT2D eigenvalue weighted by Crippen LogP contribution is -2.56. The Morgan fingerprint density at radius 2 is 1.74 bits per heavy atom. The fourth-order valence-electron chi connectivity index (χ4n) is 2.65. The van der Waals surface area contributed by atoms with Crippen molar-refractivity contribution >= 4 is 29.0 Å². The topological polar surface area (TPSA) is 98.2 Å². The second kappa shape index (κ2) is 5.86. The molecular weight excluding hydrogens is 262 g/mol. The SMILES string of the molecule is CC(C)(CC(N)=O)NC(=O)C1(C(N)=S)CCCCC1. The van der Waals surface area contributed by atoms with Crippen LogP contribution in [0.5, 0.6) is 0 Å². The van der Waals surface area contributed by atoms with E-state index >= 15 is 0 Å². The number of amides is 2. The van der Waals surface area contributed by atoms with Gasteiger partial charge in [-0.1, -0.05) is 31.5 Å². The van der Waals surface area contributed by atoms with Crippen molar-refractivity contribution in [2.75, 3.05) is 0 Å². The predicted molar refractivity (Wildman–Crippen MR) is 78.3 cm³/mol. The van der Waals surface area contributed by atoms with Gasteiger partial charge in [0.2, 0.25) is 11.8 Å². The van der Waals surface area contributed by atoms with Crippen LogP contribution in [0.3, 0.4) is 0 Å². The van der Waals surface area contributed by atoms with Gasteiger partial charge in [-0.3, -0.25) is 9.59 Å². The molecule has 0 bridgehead atoms. The molecule has 0 heterocycles. The minimum absolute atomic E-state index is 0.0894. The smallest absolute Gasteiger partial charge is 0.233 e. The van der Waals surface area contributed by atoms with Crippen LogP contribution in [0.1, 0.15) is 52.4 Å². The molecule has 0 aromatic carbocycles. The van der Waals surface area contributed by atoms with Gasteiger partial charge in [0, 0.05) is 12.0 Å². The molecule has 5 N–H and O–H groups in total. The van der Waals surface area contributed by atoms with Gasteiger partial charge in [0.1, 0.15) is 0 Å². The van der Waals surface area contributed by atoms with Gasteiger partial charge in [0.25, 0.3) is 0 Å². The summed E-state index contributed by atoms with van der Waals surface area (Å²) in [6.07, 6.45) is 4.44. The second-order valence-electron chi connectivity index (χ2n) is 5.99. The van der Waals surface area contributed by atoms with Crippen LogP contribution in [0.4, 0.5) is 0 Å². The summed E-state index contributed by atoms with van der Waals surface area (Å²) >= 11 is 5.11. The zero-order valence-corrected chi connectivity index (χ0v) is 12.4. The van der Waals surface area contributed by atoms with E-state index in [1.54, 1.807) is 13.8 Å². The Morgan fingerprint density at radius 3 is 2.16 bits per heavy atom. The molecular formula is C13H23N3O2S. The van der Waals surface area contributed by atoms with Crippen molar-refractivity contribution in [2.24, 2.45) is 16.9 Å². The van der Waals surface area contributed by atoms with Gasteiger partial charge in [-0.2, -0.15) is 0 Å². The Kier molecular flexibility index (Phi) is 4.90. The third-order valence-corrected chi connectivity index (χ3v) is 4.07. The first-order valence-electron chi connectivity index (χ1n) is 6.60. The van der Waals surface area contributed by atoms with Crippen molar-refractivity contribution in [2.45, 2.75) is 57.9 Å². The van der Waals surface area contributed by atoms with Gasteiger partial charge in [-0.25, -0.2) is 0 Å². The average Bonchev–Trinajstić information content (AvgIpc) is 2.27. The summed E-state index contributed by atoms with van der Waals surface area (Å²) in [7, 11) is 0. The predicted octanol–water partition coefficient (Wildman–Crippen LogP) is 0.993. The highest BCUT2D eigenvalue weighted by molar-refractivity contribution is 7.80. The summed E-state index contributed by atoms with van der Waals surface area (Å²) in [5.41, 5.74) is 9.54. The van der Waals surface area contributed by atoms with E-state index in [1.807, 2.05) is 0 Å². The van der Waals surface area contributed by atoms with Gasteiger partial charge >= 0.3 is 0 Å². The summed E-state index contributed by atoms with van der Waals surface area (Å²) in [6.45, 7) is 3.54. The van der Waals surface area contributed by atoms with Crippen LogP contribution in [-0.2, 0) is 9.59 Å². The van der Waals surface area contributed by atoms with Crippen LogP contribution in [-0.4, -0.2) is 22.3 Å². The van der Waals surface area contributed by atoms with E-state index in [0.29, 0.717) is 12.8 Å². The highest BCUT2D eigenvalue weighted by Crippen LogP contribution is 2.37. The third kappa shape index (κ3) is 3.89. The molecule has 6 heteroatoms. The average molecular weight is 285 g/mol. The Bertz CT molecular complexity index is 387. The molecule has 0 unspecified atom stereocenters. The van der Waals surface area contributed by atoms with E-state index < -0.39 is 16.9 Å².